The normalized spacial score (nSPS) is 18.2. The Labute approximate surface area is 94.0 Å². The molecule has 0 aliphatic heterocycles. The molecule has 0 heterocycles. The summed E-state index contributed by atoms with van der Waals surface area (Å²) in [7, 11) is 0. The van der Waals surface area contributed by atoms with Crippen molar-refractivity contribution in [3.8, 4) is 5.75 Å². The van der Waals surface area contributed by atoms with Crippen LogP contribution in [0.1, 0.15) is 28.4 Å². The Morgan fingerprint density at radius 3 is 2.94 bits per heavy atom. The summed E-state index contributed by atoms with van der Waals surface area (Å²) in [4.78, 5) is 11.0. The molecule has 2 rings (SSSR count). The minimum absolute atomic E-state index is 0.0817. The van der Waals surface area contributed by atoms with Gasteiger partial charge in [0.1, 0.15) is 5.75 Å². The lowest BCUT2D eigenvalue weighted by atomic mass is 10.1. The highest BCUT2D eigenvalue weighted by Crippen LogP contribution is 2.31. The van der Waals surface area contributed by atoms with Gasteiger partial charge in [-0.1, -0.05) is 0 Å². The van der Waals surface area contributed by atoms with Crippen molar-refractivity contribution in [3.63, 3.8) is 0 Å². The number of carboxylic acids is 1. The number of fused-ring (bicyclic) bond motifs is 1. The van der Waals surface area contributed by atoms with Gasteiger partial charge in [-0.2, -0.15) is 0 Å². The molecule has 16 heavy (non-hydrogen) atoms. The Balaban J connectivity index is 2.47. The second-order valence-corrected chi connectivity index (χ2v) is 4.02. The summed E-state index contributed by atoms with van der Waals surface area (Å²) in [5.74, 6) is -0.255. The molecule has 0 amide bonds. The largest absolute Gasteiger partial charge is 0.494 e. The Kier molecular flexibility index (Phi) is 2.83. The van der Waals surface area contributed by atoms with Crippen molar-refractivity contribution in [2.24, 2.45) is 5.73 Å². The first-order valence-corrected chi connectivity index (χ1v) is 5.39. The summed E-state index contributed by atoms with van der Waals surface area (Å²) in [6.07, 6.45) is 1.50. The molecular formula is C12H15NO3. The fourth-order valence-corrected chi connectivity index (χ4v) is 2.14. The lowest BCUT2D eigenvalue weighted by Crippen LogP contribution is -2.19. The molecule has 1 unspecified atom stereocenters. The van der Waals surface area contributed by atoms with E-state index < -0.39 is 5.97 Å². The van der Waals surface area contributed by atoms with Gasteiger partial charge in [0.25, 0.3) is 0 Å². The maximum absolute atomic E-state index is 11.0. The number of ether oxygens (including phenoxy) is 1. The topological polar surface area (TPSA) is 72.5 Å². The van der Waals surface area contributed by atoms with Crippen LogP contribution < -0.4 is 10.5 Å². The van der Waals surface area contributed by atoms with Gasteiger partial charge >= 0.3 is 5.97 Å². The molecule has 4 nitrogen and oxygen atoms in total. The molecule has 0 spiro atoms. The Hall–Kier alpha value is -1.55. The Morgan fingerprint density at radius 2 is 2.31 bits per heavy atom. The third-order valence-corrected chi connectivity index (χ3v) is 2.80. The molecule has 0 aromatic heterocycles. The van der Waals surface area contributed by atoms with Crippen LogP contribution in [0.25, 0.3) is 0 Å². The molecule has 1 aliphatic carbocycles. The van der Waals surface area contributed by atoms with Crippen LogP contribution >= 0.6 is 0 Å². The predicted octanol–water partition coefficient (Wildman–Crippen LogP) is 1.21. The number of hydrogen-bond acceptors (Lipinski definition) is 3. The first-order chi connectivity index (χ1) is 7.61. The molecule has 4 heteroatoms. The second-order valence-electron chi connectivity index (χ2n) is 4.02. The van der Waals surface area contributed by atoms with Gasteiger partial charge in [0.2, 0.25) is 0 Å². The molecule has 1 aromatic rings. The average molecular weight is 221 g/mol. The standard InChI is InChI=1S/C12H15NO3/c1-2-16-11-5-8(12(14)15)3-7-4-9(13)6-10(7)11/h3,5,9H,2,4,6,13H2,1H3,(H,14,15). The van der Waals surface area contributed by atoms with E-state index in [1.54, 1.807) is 12.1 Å². The van der Waals surface area contributed by atoms with Gasteiger partial charge in [-0.25, -0.2) is 4.79 Å². The number of nitrogens with two attached hydrogens (primary N) is 1. The number of aromatic carboxylic acids is 1. The SMILES string of the molecule is CCOc1cc(C(=O)O)cc2c1CC(N)C2. The predicted molar refractivity (Wildman–Crippen MR) is 60.0 cm³/mol. The van der Waals surface area contributed by atoms with E-state index in [-0.39, 0.29) is 11.6 Å². The molecule has 0 saturated heterocycles. The molecule has 0 fully saturated rings. The average Bonchev–Trinajstić information content (AvgIpc) is 2.58. The van der Waals surface area contributed by atoms with Crippen LogP contribution in [0, 0.1) is 0 Å². The van der Waals surface area contributed by atoms with Crippen LogP contribution in [0.5, 0.6) is 5.75 Å². The van der Waals surface area contributed by atoms with E-state index in [1.165, 1.54) is 0 Å². The number of benzene rings is 1. The maximum Gasteiger partial charge on any atom is 0.335 e. The maximum atomic E-state index is 11.0. The Bertz CT molecular complexity index is 429. The molecule has 1 aliphatic rings. The quantitative estimate of drug-likeness (QED) is 0.804. The number of rotatable bonds is 3. The second kappa shape index (κ2) is 4.14. The van der Waals surface area contributed by atoms with E-state index in [1.807, 2.05) is 6.92 Å². The minimum Gasteiger partial charge on any atom is -0.494 e. The summed E-state index contributed by atoms with van der Waals surface area (Å²) in [5.41, 5.74) is 8.23. The third kappa shape index (κ3) is 1.88. The molecule has 0 radical (unpaired) electrons. The molecule has 1 atom stereocenters. The van der Waals surface area contributed by atoms with Gasteiger partial charge < -0.3 is 15.6 Å². The van der Waals surface area contributed by atoms with Crippen molar-refractivity contribution in [1.29, 1.82) is 0 Å². The van der Waals surface area contributed by atoms with Crippen LogP contribution in [-0.4, -0.2) is 23.7 Å². The van der Waals surface area contributed by atoms with Crippen molar-refractivity contribution in [3.05, 3.63) is 28.8 Å². The fraction of sp³-hybridized carbons (Fsp3) is 0.417. The molecule has 3 N–H and O–H groups in total. The van der Waals surface area contributed by atoms with Crippen LogP contribution in [0.15, 0.2) is 12.1 Å². The summed E-state index contributed by atoms with van der Waals surface area (Å²) < 4.78 is 5.47. The van der Waals surface area contributed by atoms with E-state index in [0.29, 0.717) is 12.4 Å². The molecule has 0 bridgehead atoms. The van der Waals surface area contributed by atoms with Gasteiger partial charge in [0.05, 0.1) is 12.2 Å². The highest BCUT2D eigenvalue weighted by atomic mass is 16.5. The molecule has 0 saturated carbocycles. The minimum atomic E-state index is -0.927. The van der Waals surface area contributed by atoms with Crippen molar-refractivity contribution < 1.29 is 14.6 Å². The summed E-state index contributed by atoms with van der Waals surface area (Å²) in [6, 6.07) is 3.37. The molecular weight excluding hydrogens is 206 g/mol. The first kappa shape index (κ1) is 11.0. The van der Waals surface area contributed by atoms with Gasteiger partial charge in [-0.15, -0.1) is 0 Å². The van der Waals surface area contributed by atoms with Crippen molar-refractivity contribution in [1.82, 2.24) is 0 Å². The Morgan fingerprint density at radius 1 is 1.56 bits per heavy atom. The van der Waals surface area contributed by atoms with Gasteiger partial charge in [-0.05, 0) is 43.0 Å². The van der Waals surface area contributed by atoms with E-state index in [0.717, 1.165) is 24.0 Å². The van der Waals surface area contributed by atoms with Gasteiger partial charge in [-0.3, -0.25) is 0 Å². The number of carbonyl (C=O) groups is 1. The van der Waals surface area contributed by atoms with Gasteiger partial charge in [0.15, 0.2) is 0 Å². The van der Waals surface area contributed by atoms with Crippen LogP contribution in [0.2, 0.25) is 0 Å². The highest BCUT2D eigenvalue weighted by Gasteiger charge is 2.24. The van der Waals surface area contributed by atoms with Crippen LogP contribution in [-0.2, 0) is 12.8 Å². The monoisotopic (exact) mass is 221 g/mol. The summed E-state index contributed by atoms with van der Waals surface area (Å²) in [5, 5.41) is 8.99. The van der Waals surface area contributed by atoms with E-state index >= 15 is 0 Å². The van der Waals surface area contributed by atoms with Gasteiger partial charge in [0, 0.05) is 6.04 Å². The molecule has 86 valence electrons. The summed E-state index contributed by atoms with van der Waals surface area (Å²) >= 11 is 0. The zero-order valence-corrected chi connectivity index (χ0v) is 9.19. The lowest BCUT2D eigenvalue weighted by molar-refractivity contribution is 0.0696. The first-order valence-electron chi connectivity index (χ1n) is 5.39. The van der Waals surface area contributed by atoms with Crippen molar-refractivity contribution in [2.45, 2.75) is 25.8 Å². The number of hydrogen-bond donors (Lipinski definition) is 2. The number of carboxylic acid groups (broad SMARTS) is 1. The van der Waals surface area contributed by atoms with E-state index in [4.69, 9.17) is 15.6 Å². The smallest absolute Gasteiger partial charge is 0.335 e. The van der Waals surface area contributed by atoms with E-state index in [9.17, 15) is 4.79 Å². The zero-order valence-electron chi connectivity index (χ0n) is 9.19. The third-order valence-electron chi connectivity index (χ3n) is 2.80. The van der Waals surface area contributed by atoms with Crippen molar-refractivity contribution >= 4 is 5.97 Å². The van der Waals surface area contributed by atoms with Crippen LogP contribution in [0.3, 0.4) is 0 Å². The lowest BCUT2D eigenvalue weighted by Gasteiger charge is -2.10. The highest BCUT2D eigenvalue weighted by molar-refractivity contribution is 5.88. The summed E-state index contributed by atoms with van der Waals surface area (Å²) in [6.45, 7) is 2.42. The van der Waals surface area contributed by atoms with Crippen LogP contribution in [0.4, 0.5) is 0 Å². The fourth-order valence-electron chi connectivity index (χ4n) is 2.14. The van der Waals surface area contributed by atoms with E-state index in [2.05, 4.69) is 0 Å². The zero-order chi connectivity index (χ0) is 11.7. The van der Waals surface area contributed by atoms with Crippen molar-refractivity contribution in [2.75, 3.05) is 6.61 Å². The molecule has 1 aromatic carbocycles.